The lowest BCUT2D eigenvalue weighted by molar-refractivity contribution is 0.380. The Bertz CT molecular complexity index is 561. The summed E-state index contributed by atoms with van der Waals surface area (Å²) in [7, 11) is -3.57. The Morgan fingerprint density at radius 2 is 2.30 bits per heavy atom. The minimum absolute atomic E-state index is 0.134. The first-order valence-electron chi connectivity index (χ1n) is 6.85. The van der Waals surface area contributed by atoms with Gasteiger partial charge in [-0.3, -0.25) is 5.10 Å². The van der Waals surface area contributed by atoms with Crippen LogP contribution in [-0.2, 0) is 16.6 Å². The number of nitrogens with one attached hydrogen (secondary N) is 2. The van der Waals surface area contributed by atoms with Crippen molar-refractivity contribution in [2.24, 2.45) is 0 Å². The third kappa shape index (κ3) is 3.28. The first-order valence-corrected chi connectivity index (χ1v) is 8.29. The monoisotopic (exact) mass is 298 g/mol. The highest BCUT2D eigenvalue weighted by Gasteiger charge is 2.30. The van der Waals surface area contributed by atoms with Crippen LogP contribution in [0.4, 0.5) is 0 Å². The van der Waals surface area contributed by atoms with Gasteiger partial charge in [-0.1, -0.05) is 6.08 Å². The highest BCUT2D eigenvalue weighted by molar-refractivity contribution is 7.89. The molecule has 0 radical (unpaired) electrons. The molecular weight excluding hydrogens is 276 g/mol. The summed E-state index contributed by atoms with van der Waals surface area (Å²) in [5, 5.41) is 10.0. The minimum Gasteiger partial charge on any atom is -0.310 e. The van der Waals surface area contributed by atoms with E-state index in [1.54, 1.807) is 12.3 Å². The maximum absolute atomic E-state index is 12.7. The van der Waals surface area contributed by atoms with Crippen LogP contribution in [0.1, 0.15) is 32.3 Å². The van der Waals surface area contributed by atoms with Crippen molar-refractivity contribution in [1.29, 1.82) is 0 Å². The van der Waals surface area contributed by atoms with Crippen LogP contribution in [-0.4, -0.2) is 41.5 Å². The molecule has 0 amide bonds. The second-order valence-corrected chi connectivity index (χ2v) is 7.16. The molecule has 7 heteroatoms. The minimum atomic E-state index is -3.57. The molecule has 1 fully saturated rings. The fraction of sp³-hybridized carbons (Fsp3) is 0.615. The Balaban J connectivity index is 2.22. The Labute approximate surface area is 120 Å². The first-order chi connectivity index (χ1) is 9.46. The summed E-state index contributed by atoms with van der Waals surface area (Å²) >= 11 is 0. The number of aromatic nitrogens is 2. The van der Waals surface area contributed by atoms with Gasteiger partial charge in [0, 0.05) is 30.7 Å². The summed E-state index contributed by atoms with van der Waals surface area (Å²) in [6.07, 6.45) is 5.49. The first kappa shape index (κ1) is 15.2. The van der Waals surface area contributed by atoms with Crippen molar-refractivity contribution in [3.63, 3.8) is 0 Å². The van der Waals surface area contributed by atoms with Crippen LogP contribution in [0.25, 0.3) is 0 Å². The van der Waals surface area contributed by atoms with Crippen LogP contribution in [0.5, 0.6) is 0 Å². The summed E-state index contributed by atoms with van der Waals surface area (Å²) in [6, 6.07) is 0.389. The Morgan fingerprint density at radius 3 is 2.85 bits per heavy atom. The van der Waals surface area contributed by atoms with Gasteiger partial charge in [0.25, 0.3) is 10.0 Å². The van der Waals surface area contributed by atoms with Crippen LogP contribution in [0.2, 0.25) is 0 Å². The zero-order valence-corrected chi connectivity index (χ0v) is 12.8. The van der Waals surface area contributed by atoms with Crippen LogP contribution < -0.4 is 5.32 Å². The van der Waals surface area contributed by atoms with Gasteiger partial charge in [0.1, 0.15) is 0 Å². The molecule has 20 heavy (non-hydrogen) atoms. The Hall–Kier alpha value is -1.18. The fourth-order valence-corrected chi connectivity index (χ4v) is 3.74. The van der Waals surface area contributed by atoms with E-state index < -0.39 is 10.0 Å². The highest BCUT2D eigenvalue weighted by atomic mass is 32.2. The summed E-state index contributed by atoms with van der Waals surface area (Å²) in [6.45, 7) is 8.13. The zero-order chi connectivity index (χ0) is 14.8. The van der Waals surface area contributed by atoms with Crippen LogP contribution in [0, 0.1) is 0 Å². The lowest BCUT2D eigenvalue weighted by Gasteiger charge is -2.24. The van der Waals surface area contributed by atoms with Crippen molar-refractivity contribution in [2.75, 3.05) is 6.54 Å². The summed E-state index contributed by atoms with van der Waals surface area (Å²) in [4.78, 5) is 0. The number of aromatic amines is 1. The molecule has 1 aromatic rings. The Kier molecular flexibility index (Phi) is 4.62. The van der Waals surface area contributed by atoms with Gasteiger partial charge in [0.05, 0.1) is 6.20 Å². The highest BCUT2D eigenvalue weighted by Crippen LogP contribution is 2.22. The molecule has 2 rings (SSSR count). The molecular formula is C13H22N4O2S. The second-order valence-electron chi connectivity index (χ2n) is 5.34. The topological polar surface area (TPSA) is 78.1 Å². The van der Waals surface area contributed by atoms with E-state index >= 15 is 0 Å². The van der Waals surface area contributed by atoms with E-state index in [1.165, 1.54) is 4.31 Å². The summed E-state index contributed by atoms with van der Waals surface area (Å²) in [5.74, 6) is 0. The van der Waals surface area contributed by atoms with Crippen molar-refractivity contribution in [1.82, 2.24) is 19.8 Å². The summed E-state index contributed by atoms with van der Waals surface area (Å²) in [5.41, 5.74) is 0.687. The van der Waals surface area contributed by atoms with Crippen LogP contribution in [0.15, 0.2) is 23.9 Å². The van der Waals surface area contributed by atoms with Crippen molar-refractivity contribution >= 4 is 10.0 Å². The van der Waals surface area contributed by atoms with Crippen molar-refractivity contribution < 1.29 is 8.42 Å². The van der Waals surface area contributed by atoms with Gasteiger partial charge in [0.15, 0.2) is 5.03 Å². The molecule has 0 aliphatic heterocycles. The molecule has 0 bridgehead atoms. The van der Waals surface area contributed by atoms with Gasteiger partial charge in [-0.25, -0.2) is 8.42 Å². The number of hydrogen-bond acceptors (Lipinski definition) is 4. The molecule has 0 unspecified atom stereocenters. The molecule has 1 saturated carbocycles. The summed E-state index contributed by atoms with van der Waals surface area (Å²) < 4.78 is 26.8. The number of H-pyrrole nitrogens is 1. The molecule has 6 nitrogen and oxygen atoms in total. The van der Waals surface area contributed by atoms with E-state index in [2.05, 4.69) is 22.1 Å². The molecule has 0 saturated heterocycles. The number of nitrogens with zero attached hydrogens (tertiary/aromatic N) is 2. The molecule has 0 spiro atoms. The second kappa shape index (κ2) is 6.07. The molecule has 0 atom stereocenters. The number of hydrogen-bond donors (Lipinski definition) is 2. The van der Waals surface area contributed by atoms with E-state index in [4.69, 9.17) is 0 Å². The SMILES string of the molecule is C=CCN(C(C)C)S(=O)(=O)c1[nH]ncc1CNC1CC1. The molecule has 112 valence electrons. The van der Waals surface area contributed by atoms with Gasteiger partial charge in [0.2, 0.25) is 0 Å². The maximum atomic E-state index is 12.7. The fourth-order valence-electron chi connectivity index (χ4n) is 2.02. The van der Waals surface area contributed by atoms with E-state index in [1.807, 2.05) is 13.8 Å². The largest absolute Gasteiger partial charge is 0.310 e. The average Bonchev–Trinajstić information content (AvgIpc) is 3.09. The normalized spacial score (nSPS) is 16.0. The maximum Gasteiger partial charge on any atom is 0.260 e. The van der Waals surface area contributed by atoms with Crippen molar-refractivity contribution in [2.45, 2.75) is 50.3 Å². The van der Waals surface area contributed by atoms with Gasteiger partial charge < -0.3 is 5.32 Å². The lowest BCUT2D eigenvalue weighted by Crippen LogP contribution is -2.37. The molecule has 2 N–H and O–H groups in total. The zero-order valence-electron chi connectivity index (χ0n) is 12.0. The van der Waals surface area contributed by atoms with E-state index in [0.29, 0.717) is 18.2 Å². The molecule has 1 aliphatic rings. The van der Waals surface area contributed by atoms with E-state index in [9.17, 15) is 8.42 Å². The molecule has 1 aliphatic carbocycles. The number of rotatable bonds is 8. The third-order valence-corrected chi connectivity index (χ3v) is 5.35. The van der Waals surface area contributed by atoms with E-state index in [-0.39, 0.29) is 17.6 Å². The molecule has 1 aromatic heterocycles. The molecule has 1 heterocycles. The van der Waals surface area contributed by atoms with Gasteiger partial charge in [-0.2, -0.15) is 9.40 Å². The van der Waals surface area contributed by atoms with E-state index in [0.717, 1.165) is 12.8 Å². The lowest BCUT2D eigenvalue weighted by atomic mass is 10.3. The quantitative estimate of drug-likeness (QED) is 0.708. The predicted molar refractivity (Wildman–Crippen MR) is 77.7 cm³/mol. The average molecular weight is 298 g/mol. The smallest absolute Gasteiger partial charge is 0.260 e. The van der Waals surface area contributed by atoms with Crippen molar-refractivity contribution in [3.05, 3.63) is 24.4 Å². The standard InChI is InChI=1S/C13H22N4O2S/c1-4-7-17(10(2)3)20(18,19)13-11(9-15-16-13)8-14-12-5-6-12/h4,9-10,12,14H,1,5-8H2,2-3H3,(H,15,16). The molecule has 0 aromatic carbocycles. The van der Waals surface area contributed by atoms with Crippen molar-refractivity contribution in [3.8, 4) is 0 Å². The predicted octanol–water partition coefficient (Wildman–Crippen LogP) is 1.25. The van der Waals surface area contributed by atoms with Gasteiger partial charge in [-0.15, -0.1) is 6.58 Å². The third-order valence-electron chi connectivity index (χ3n) is 3.29. The van der Waals surface area contributed by atoms with Crippen LogP contribution in [0.3, 0.4) is 0 Å². The van der Waals surface area contributed by atoms with Crippen LogP contribution >= 0.6 is 0 Å². The Morgan fingerprint density at radius 1 is 1.60 bits per heavy atom. The number of sulfonamides is 1. The van der Waals surface area contributed by atoms with Gasteiger partial charge in [-0.05, 0) is 26.7 Å². The van der Waals surface area contributed by atoms with Gasteiger partial charge >= 0.3 is 0 Å².